The molecule has 0 heterocycles. The Morgan fingerprint density at radius 1 is 1.24 bits per heavy atom. The number of esters is 1. The third-order valence-corrected chi connectivity index (χ3v) is 2.66. The van der Waals surface area contributed by atoms with Gasteiger partial charge in [0, 0.05) is 19.6 Å². The smallest absolute Gasteiger partial charge is 0.305 e. The third kappa shape index (κ3) is 10.3. The van der Waals surface area contributed by atoms with E-state index in [1.165, 1.54) is 0 Å². The zero-order valence-electron chi connectivity index (χ0n) is 11.5. The summed E-state index contributed by atoms with van der Waals surface area (Å²) >= 11 is 0. The minimum absolute atomic E-state index is 0.0775. The van der Waals surface area contributed by atoms with E-state index in [1.54, 1.807) is 7.11 Å². The molecule has 0 spiro atoms. The summed E-state index contributed by atoms with van der Waals surface area (Å²) in [7, 11) is 1.73. The fraction of sp³-hybridized carbons (Fsp3) is 0.923. The first-order chi connectivity index (χ1) is 8.24. The quantitative estimate of drug-likeness (QED) is 0.447. The first-order valence-corrected chi connectivity index (χ1v) is 6.62. The van der Waals surface area contributed by atoms with Crippen LogP contribution in [-0.4, -0.2) is 38.9 Å². The van der Waals surface area contributed by atoms with Crippen LogP contribution in [0, 0.1) is 0 Å². The highest BCUT2D eigenvalue weighted by Gasteiger charge is 2.04. The van der Waals surface area contributed by atoms with Gasteiger partial charge >= 0.3 is 5.97 Å². The second kappa shape index (κ2) is 11.9. The Hall–Kier alpha value is -0.610. The Labute approximate surface area is 105 Å². The molecule has 0 aromatic carbocycles. The van der Waals surface area contributed by atoms with Crippen molar-refractivity contribution in [1.82, 2.24) is 5.32 Å². The van der Waals surface area contributed by atoms with Gasteiger partial charge < -0.3 is 14.8 Å². The van der Waals surface area contributed by atoms with E-state index in [9.17, 15) is 4.79 Å². The minimum atomic E-state index is -0.0775. The number of nitrogens with one attached hydrogen (secondary N) is 1. The summed E-state index contributed by atoms with van der Waals surface area (Å²) in [6.07, 6.45) is 4.70. The van der Waals surface area contributed by atoms with Crippen LogP contribution in [0.5, 0.6) is 0 Å². The molecule has 1 N–H and O–H groups in total. The Morgan fingerprint density at radius 3 is 2.59 bits per heavy atom. The highest BCUT2D eigenvalue weighted by atomic mass is 16.5. The van der Waals surface area contributed by atoms with Crippen molar-refractivity contribution in [2.45, 2.75) is 52.0 Å². The van der Waals surface area contributed by atoms with Crippen LogP contribution in [0.2, 0.25) is 0 Å². The molecule has 0 aliphatic carbocycles. The van der Waals surface area contributed by atoms with E-state index in [0.29, 0.717) is 19.1 Å². The Kier molecular flexibility index (Phi) is 11.4. The Bertz CT molecular complexity index is 186. The molecular formula is C13H27NO3. The van der Waals surface area contributed by atoms with E-state index in [0.717, 1.165) is 38.8 Å². The van der Waals surface area contributed by atoms with Crippen molar-refractivity contribution in [2.75, 3.05) is 26.9 Å². The topological polar surface area (TPSA) is 47.6 Å². The van der Waals surface area contributed by atoms with Gasteiger partial charge in [-0.15, -0.1) is 0 Å². The molecule has 0 aromatic heterocycles. The lowest BCUT2D eigenvalue weighted by atomic mass is 10.2. The average molecular weight is 245 g/mol. The molecule has 102 valence electrons. The Morgan fingerprint density at radius 2 is 2.00 bits per heavy atom. The minimum Gasteiger partial charge on any atom is -0.466 e. The van der Waals surface area contributed by atoms with E-state index >= 15 is 0 Å². The van der Waals surface area contributed by atoms with Crippen LogP contribution in [-0.2, 0) is 14.3 Å². The lowest BCUT2D eigenvalue weighted by Gasteiger charge is -2.15. The monoisotopic (exact) mass is 245 g/mol. The molecule has 0 saturated carbocycles. The number of methoxy groups -OCH3 is 1. The number of unbranched alkanes of at least 4 members (excludes halogenated alkanes) is 2. The Balaban J connectivity index is 3.30. The maximum Gasteiger partial charge on any atom is 0.305 e. The fourth-order valence-corrected chi connectivity index (χ4v) is 1.63. The predicted molar refractivity (Wildman–Crippen MR) is 69.1 cm³/mol. The second-order valence-corrected chi connectivity index (χ2v) is 4.13. The van der Waals surface area contributed by atoms with E-state index in [1.807, 2.05) is 6.92 Å². The average Bonchev–Trinajstić information content (AvgIpc) is 2.32. The maximum atomic E-state index is 11.1. The van der Waals surface area contributed by atoms with Crippen molar-refractivity contribution in [3.63, 3.8) is 0 Å². The van der Waals surface area contributed by atoms with Gasteiger partial charge in [0.1, 0.15) is 0 Å². The summed E-state index contributed by atoms with van der Waals surface area (Å²) in [4.78, 5) is 11.1. The number of hydrogen-bond donors (Lipinski definition) is 1. The van der Waals surface area contributed by atoms with Crippen molar-refractivity contribution in [1.29, 1.82) is 0 Å². The molecule has 0 saturated heterocycles. The number of carbonyl (C=O) groups excluding carboxylic acids is 1. The van der Waals surface area contributed by atoms with Crippen LogP contribution < -0.4 is 5.32 Å². The van der Waals surface area contributed by atoms with Gasteiger partial charge in [-0.3, -0.25) is 4.79 Å². The number of ether oxygens (including phenoxy) is 2. The molecule has 0 aromatic rings. The van der Waals surface area contributed by atoms with Gasteiger partial charge in [-0.2, -0.15) is 0 Å². The van der Waals surface area contributed by atoms with Crippen LogP contribution in [0.3, 0.4) is 0 Å². The predicted octanol–water partition coefficient (Wildman–Crippen LogP) is 2.12. The molecule has 0 rings (SSSR count). The van der Waals surface area contributed by atoms with Crippen LogP contribution >= 0.6 is 0 Å². The molecule has 1 unspecified atom stereocenters. The van der Waals surface area contributed by atoms with Crippen molar-refractivity contribution >= 4 is 5.97 Å². The van der Waals surface area contributed by atoms with Gasteiger partial charge in [-0.1, -0.05) is 13.3 Å². The molecule has 0 amide bonds. The van der Waals surface area contributed by atoms with E-state index in [4.69, 9.17) is 9.47 Å². The van der Waals surface area contributed by atoms with Gasteiger partial charge in [0.15, 0.2) is 0 Å². The van der Waals surface area contributed by atoms with Gasteiger partial charge in [-0.25, -0.2) is 0 Å². The van der Waals surface area contributed by atoms with Crippen LogP contribution in [0.15, 0.2) is 0 Å². The number of carbonyl (C=O) groups is 1. The summed E-state index contributed by atoms with van der Waals surface area (Å²) in [5, 5.41) is 3.44. The zero-order valence-corrected chi connectivity index (χ0v) is 11.5. The first kappa shape index (κ1) is 16.4. The molecule has 0 aliphatic rings. The molecule has 0 bridgehead atoms. The molecular weight excluding hydrogens is 218 g/mol. The van der Waals surface area contributed by atoms with E-state index in [-0.39, 0.29) is 5.97 Å². The van der Waals surface area contributed by atoms with Crippen molar-refractivity contribution < 1.29 is 14.3 Å². The van der Waals surface area contributed by atoms with Crippen LogP contribution in [0.4, 0.5) is 0 Å². The SMILES string of the molecule is CCOC(=O)CCCCCNC(CC)COC. The number of rotatable bonds is 11. The second-order valence-electron chi connectivity index (χ2n) is 4.13. The van der Waals surface area contributed by atoms with Crippen molar-refractivity contribution in [2.24, 2.45) is 0 Å². The van der Waals surface area contributed by atoms with Gasteiger partial charge in [0.2, 0.25) is 0 Å². The lowest BCUT2D eigenvalue weighted by Crippen LogP contribution is -2.33. The standard InChI is InChI=1S/C13H27NO3/c1-4-12(11-16-3)14-10-8-6-7-9-13(15)17-5-2/h12,14H,4-11H2,1-3H3. The lowest BCUT2D eigenvalue weighted by molar-refractivity contribution is -0.143. The highest BCUT2D eigenvalue weighted by molar-refractivity contribution is 5.69. The molecule has 1 atom stereocenters. The normalized spacial score (nSPS) is 12.4. The van der Waals surface area contributed by atoms with E-state index < -0.39 is 0 Å². The fourth-order valence-electron chi connectivity index (χ4n) is 1.63. The molecule has 0 radical (unpaired) electrons. The molecule has 17 heavy (non-hydrogen) atoms. The van der Waals surface area contributed by atoms with Gasteiger partial charge in [0.05, 0.1) is 13.2 Å². The van der Waals surface area contributed by atoms with Gasteiger partial charge in [0.25, 0.3) is 0 Å². The molecule has 0 aliphatic heterocycles. The van der Waals surface area contributed by atoms with E-state index in [2.05, 4.69) is 12.2 Å². The van der Waals surface area contributed by atoms with Crippen LogP contribution in [0.25, 0.3) is 0 Å². The maximum absolute atomic E-state index is 11.1. The highest BCUT2D eigenvalue weighted by Crippen LogP contribution is 2.01. The molecule has 4 nitrogen and oxygen atoms in total. The zero-order chi connectivity index (χ0) is 12.9. The van der Waals surface area contributed by atoms with Crippen molar-refractivity contribution in [3.8, 4) is 0 Å². The van der Waals surface area contributed by atoms with Crippen molar-refractivity contribution in [3.05, 3.63) is 0 Å². The summed E-state index contributed by atoms with van der Waals surface area (Å²) in [6, 6.07) is 0.449. The first-order valence-electron chi connectivity index (χ1n) is 6.62. The molecule has 4 heteroatoms. The summed E-state index contributed by atoms with van der Waals surface area (Å²) < 4.78 is 9.97. The third-order valence-electron chi connectivity index (χ3n) is 2.66. The van der Waals surface area contributed by atoms with Crippen LogP contribution in [0.1, 0.15) is 46.0 Å². The summed E-state index contributed by atoms with van der Waals surface area (Å²) in [6.45, 7) is 6.22. The number of hydrogen-bond acceptors (Lipinski definition) is 4. The summed E-state index contributed by atoms with van der Waals surface area (Å²) in [5.74, 6) is -0.0775. The summed E-state index contributed by atoms with van der Waals surface area (Å²) in [5.41, 5.74) is 0. The van der Waals surface area contributed by atoms with Gasteiger partial charge in [-0.05, 0) is 32.7 Å². The molecule has 0 fully saturated rings. The largest absolute Gasteiger partial charge is 0.466 e.